The maximum Gasteiger partial charge on any atom is 0.225 e. The number of carbonyl (C=O) groups is 2. The van der Waals surface area contributed by atoms with Crippen molar-refractivity contribution >= 4 is 11.8 Å². The van der Waals surface area contributed by atoms with Gasteiger partial charge >= 0.3 is 0 Å². The van der Waals surface area contributed by atoms with E-state index in [1.807, 2.05) is 30.9 Å². The highest BCUT2D eigenvalue weighted by atomic mass is 16.2. The second-order valence-electron chi connectivity index (χ2n) is 8.37. The number of hydrogen-bond acceptors (Lipinski definition) is 2. The lowest BCUT2D eigenvalue weighted by molar-refractivity contribution is -0.135. The Balaban J connectivity index is 1.90. The molecule has 1 fully saturated rings. The Hall–Kier alpha value is -2.62. The molecule has 1 atom stereocenters. The number of nitrogens with two attached hydrogens (primary N) is 1. The summed E-state index contributed by atoms with van der Waals surface area (Å²) in [7, 11) is 0. The average Bonchev–Trinajstić information content (AvgIpc) is 3.15. The molecule has 4 nitrogen and oxygen atoms in total. The van der Waals surface area contributed by atoms with Gasteiger partial charge in [-0.2, -0.15) is 0 Å². The van der Waals surface area contributed by atoms with Crippen molar-refractivity contribution in [2.75, 3.05) is 13.1 Å². The van der Waals surface area contributed by atoms with E-state index in [-0.39, 0.29) is 17.7 Å². The third-order valence-electron chi connectivity index (χ3n) is 6.40. The molecule has 154 valence electrons. The lowest BCUT2D eigenvalue weighted by Crippen LogP contribution is -2.43. The van der Waals surface area contributed by atoms with Crippen LogP contribution in [0.3, 0.4) is 0 Å². The number of primary amides is 1. The van der Waals surface area contributed by atoms with Crippen molar-refractivity contribution < 1.29 is 9.59 Å². The number of likely N-dealkylation sites (tertiary alicyclic amines) is 1. The van der Waals surface area contributed by atoms with Crippen LogP contribution in [0, 0.1) is 18.3 Å². The fourth-order valence-corrected chi connectivity index (χ4v) is 4.52. The summed E-state index contributed by atoms with van der Waals surface area (Å²) in [6.07, 6.45) is 2.83. The van der Waals surface area contributed by atoms with Crippen molar-refractivity contribution in [3.05, 3.63) is 59.7 Å². The Bertz CT molecular complexity index is 888. The Labute approximate surface area is 174 Å². The van der Waals surface area contributed by atoms with Crippen LogP contribution in [0.15, 0.2) is 48.5 Å². The zero-order valence-corrected chi connectivity index (χ0v) is 17.8. The second-order valence-corrected chi connectivity index (χ2v) is 8.37. The monoisotopic (exact) mass is 392 g/mol. The first kappa shape index (κ1) is 21.1. The fraction of sp³-hybridized carbons (Fsp3) is 0.440. The first-order valence-corrected chi connectivity index (χ1v) is 10.6. The van der Waals surface area contributed by atoms with Gasteiger partial charge in [0.05, 0.1) is 5.41 Å². The van der Waals surface area contributed by atoms with Crippen LogP contribution in [0.5, 0.6) is 0 Å². The highest BCUT2D eigenvalue weighted by Gasteiger charge is 2.45. The van der Waals surface area contributed by atoms with Gasteiger partial charge in [-0.1, -0.05) is 67.9 Å². The van der Waals surface area contributed by atoms with Crippen molar-refractivity contribution in [1.29, 1.82) is 0 Å². The standard InChI is InChI=1S/C25H32N2O2/c1-4-19(5-2)23(28)27-14-13-25(17-27,24(26)29)16-21-10-6-7-12-22(21)20-11-8-9-18(3)15-20/h6-12,15,19H,4-5,13-14,16-17H2,1-3H3,(H2,26,29)/t25-/m0/s1. The van der Waals surface area contributed by atoms with Crippen LogP contribution >= 0.6 is 0 Å². The molecule has 0 saturated carbocycles. The molecule has 0 bridgehead atoms. The molecule has 0 aliphatic carbocycles. The van der Waals surface area contributed by atoms with E-state index in [9.17, 15) is 9.59 Å². The van der Waals surface area contributed by atoms with Gasteiger partial charge in [-0.05, 0) is 49.3 Å². The highest BCUT2D eigenvalue weighted by molar-refractivity contribution is 5.85. The van der Waals surface area contributed by atoms with Crippen molar-refractivity contribution in [1.82, 2.24) is 4.90 Å². The predicted octanol–water partition coefficient (Wildman–Crippen LogP) is 4.34. The van der Waals surface area contributed by atoms with Crippen molar-refractivity contribution in [2.45, 2.75) is 46.5 Å². The quantitative estimate of drug-likeness (QED) is 0.762. The molecule has 1 aliphatic heterocycles. The zero-order valence-electron chi connectivity index (χ0n) is 17.8. The molecule has 2 N–H and O–H groups in total. The molecule has 3 rings (SSSR count). The summed E-state index contributed by atoms with van der Waals surface area (Å²) in [5.74, 6) is -0.125. The van der Waals surface area contributed by atoms with Crippen LogP contribution in [0.4, 0.5) is 0 Å². The molecular formula is C25H32N2O2. The molecule has 1 aliphatic rings. The Morgan fingerprint density at radius 3 is 2.48 bits per heavy atom. The van der Waals surface area contributed by atoms with Crippen LogP contribution < -0.4 is 5.73 Å². The third-order valence-corrected chi connectivity index (χ3v) is 6.40. The summed E-state index contributed by atoms with van der Waals surface area (Å²) in [5.41, 5.74) is 9.79. The summed E-state index contributed by atoms with van der Waals surface area (Å²) < 4.78 is 0. The minimum atomic E-state index is -0.707. The van der Waals surface area contributed by atoms with Gasteiger partial charge in [0.25, 0.3) is 0 Å². The summed E-state index contributed by atoms with van der Waals surface area (Å²) in [4.78, 5) is 27.3. The van der Waals surface area contributed by atoms with E-state index >= 15 is 0 Å². The molecule has 0 aromatic heterocycles. The lowest BCUT2D eigenvalue weighted by Gasteiger charge is -2.28. The van der Waals surface area contributed by atoms with Gasteiger partial charge < -0.3 is 10.6 Å². The number of amides is 2. The van der Waals surface area contributed by atoms with Gasteiger partial charge in [0, 0.05) is 19.0 Å². The first-order chi connectivity index (χ1) is 13.9. The molecule has 1 saturated heterocycles. The van der Waals surface area contributed by atoms with Crippen LogP contribution in [0.2, 0.25) is 0 Å². The smallest absolute Gasteiger partial charge is 0.225 e. The molecule has 1 heterocycles. The number of aryl methyl sites for hydroxylation is 1. The van der Waals surface area contributed by atoms with Crippen LogP contribution in [-0.4, -0.2) is 29.8 Å². The normalized spacial score (nSPS) is 19.0. The van der Waals surface area contributed by atoms with Crippen molar-refractivity contribution in [3.8, 4) is 11.1 Å². The Kier molecular flexibility index (Phi) is 6.41. The maximum absolute atomic E-state index is 12.9. The summed E-state index contributed by atoms with van der Waals surface area (Å²) in [5, 5.41) is 0. The largest absolute Gasteiger partial charge is 0.369 e. The SMILES string of the molecule is CCC(CC)C(=O)N1CC[C@@](Cc2ccccc2-c2cccc(C)c2)(C(N)=O)C1. The third kappa shape index (κ3) is 4.36. The number of nitrogens with zero attached hydrogens (tertiary/aromatic N) is 1. The number of benzene rings is 2. The van der Waals surface area contributed by atoms with Crippen molar-refractivity contribution in [3.63, 3.8) is 0 Å². The predicted molar refractivity (Wildman–Crippen MR) is 117 cm³/mol. The van der Waals surface area contributed by atoms with E-state index in [0.29, 0.717) is 25.9 Å². The summed E-state index contributed by atoms with van der Waals surface area (Å²) in [6, 6.07) is 16.6. The van der Waals surface area contributed by atoms with Gasteiger partial charge in [-0.25, -0.2) is 0 Å². The fourth-order valence-electron chi connectivity index (χ4n) is 4.52. The van der Waals surface area contributed by atoms with E-state index in [1.54, 1.807) is 0 Å². The van der Waals surface area contributed by atoms with Crippen LogP contribution in [-0.2, 0) is 16.0 Å². The first-order valence-electron chi connectivity index (χ1n) is 10.6. The number of rotatable bonds is 7. The van der Waals surface area contributed by atoms with E-state index in [4.69, 9.17) is 5.73 Å². The van der Waals surface area contributed by atoms with Gasteiger partial charge in [0.1, 0.15) is 0 Å². The second kappa shape index (κ2) is 8.81. The van der Waals surface area contributed by atoms with Crippen molar-refractivity contribution in [2.24, 2.45) is 17.1 Å². The van der Waals surface area contributed by atoms with E-state index < -0.39 is 5.41 Å². The van der Waals surface area contributed by atoms with Gasteiger partial charge in [0.15, 0.2) is 0 Å². The maximum atomic E-state index is 12.9. The van der Waals surface area contributed by atoms with Crippen LogP contribution in [0.1, 0.15) is 44.2 Å². The summed E-state index contributed by atoms with van der Waals surface area (Å²) >= 11 is 0. The molecule has 2 aromatic carbocycles. The number of hydrogen-bond donors (Lipinski definition) is 1. The molecule has 0 radical (unpaired) electrons. The zero-order chi connectivity index (χ0) is 21.0. The topological polar surface area (TPSA) is 63.4 Å². The molecule has 29 heavy (non-hydrogen) atoms. The molecule has 2 amide bonds. The minimum absolute atomic E-state index is 0.0262. The van der Waals surface area contributed by atoms with Crippen LogP contribution in [0.25, 0.3) is 11.1 Å². The van der Waals surface area contributed by atoms with E-state index in [1.165, 1.54) is 5.56 Å². The molecule has 2 aromatic rings. The molecular weight excluding hydrogens is 360 g/mol. The van der Waals surface area contributed by atoms with E-state index in [2.05, 4.69) is 43.3 Å². The van der Waals surface area contributed by atoms with Gasteiger partial charge in [-0.15, -0.1) is 0 Å². The van der Waals surface area contributed by atoms with E-state index in [0.717, 1.165) is 29.5 Å². The lowest BCUT2D eigenvalue weighted by atomic mass is 9.78. The molecule has 0 unspecified atom stereocenters. The Morgan fingerprint density at radius 1 is 1.10 bits per heavy atom. The Morgan fingerprint density at radius 2 is 1.83 bits per heavy atom. The highest BCUT2D eigenvalue weighted by Crippen LogP contribution is 2.38. The molecule has 0 spiro atoms. The minimum Gasteiger partial charge on any atom is -0.369 e. The average molecular weight is 393 g/mol. The van der Waals surface area contributed by atoms with Gasteiger partial charge in [-0.3, -0.25) is 9.59 Å². The van der Waals surface area contributed by atoms with Gasteiger partial charge in [0.2, 0.25) is 11.8 Å². The summed E-state index contributed by atoms with van der Waals surface area (Å²) in [6.45, 7) is 7.18. The number of carbonyl (C=O) groups excluding carboxylic acids is 2. The molecule has 4 heteroatoms.